The third-order valence-corrected chi connectivity index (χ3v) is 4.79. The minimum Gasteiger partial charge on any atom is -0.341 e. The maximum absolute atomic E-state index is 12.5. The molecule has 4 N–H and O–H groups in total. The number of anilines is 2. The van der Waals surface area contributed by atoms with E-state index in [1.807, 2.05) is 12.1 Å². The first-order valence-electron chi connectivity index (χ1n) is 8.31. The van der Waals surface area contributed by atoms with Crippen LogP contribution in [0.1, 0.15) is 32.1 Å². The number of amides is 3. The molecule has 1 heterocycles. The second kappa shape index (κ2) is 7.00. The monoisotopic (exact) mass is 316 g/mol. The van der Waals surface area contributed by atoms with E-state index in [2.05, 4.69) is 21.3 Å². The van der Waals surface area contributed by atoms with Gasteiger partial charge in [-0.15, -0.1) is 0 Å². The fourth-order valence-electron chi connectivity index (χ4n) is 3.62. The van der Waals surface area contributed by atoms with Crippen LogP contribution < -0.4 is 21.3 Å². The van der Waals surface area contributed by atoms with E-state index in [4.69, 9.17) is 0 Å². The summed E-state index contributed by atoms with van der Waals surface area (Å²) in [6, 6.07) is 7.29. The highest BCUT2D eigenvalue weighted by Crippen LogP contribution is 2.33. The fourth-order valence-corrected chi connectivity index (χ4v) is 3.62. The Labute approximate surface area is 136 Å². The van der Waals surface area contributed by atoms with Crippen molar-refractivity contribution in [2.24, 2.45) is 5.92 Å². The molecule has 1 aromatic carbocycles. The highest BCUT2D eigenvalue weighted by molar-refractivity contribution is 5.96. The number of benzene rings is 1. The van der Waals surface area contributed by atoms with Gasteiger partial charge in [0.05, 0.1) is 6.04 Å². The molecular weight excluding hydrogens is 292 g/mol. The van der Waals surface area contributed by atoms with E-state index in [0.29, 0.717) is 23.3 Å². The topological polar surface area (TPSA) is 82.3 Å². The summed E-state index contributed by atoms with van der Waals surface area (Å²) in [5, 5.41) is 11.6. The molecule has 1 aliphatic heterocycles. The molecule has 1 aliphatic carbocycles. The van der Waals surface area contributed by atoms with Crippen molar-refractivity contribution in [3.63, 3.8) is 0 Å². The molecule has 2 aliphatic rings. The Kier molecular flexibility index (Phi) is 4.81. The maximum Gasteiger partial charge on any atom is 0.318 e. The number of rotatable bonds is 3. The summed E-state index contributed by atoms with van der Waals surface area (Å²) in [7, 11) is 1.56. The van der Waals surface area contributed by atoms with Crippen LogP contribution in [-0.4, -0.2) is 31.1 Å². The molecule has 3 unspecified atom stereocenters. The van der Waals surface area contributed by atoms with Gasteiger partial charge in [-0.05, 0) is 43.4 Å². The number of hydrogen-bond donors (Lipinski definition) is 4. The minimum atomic E-state index is -0.282. The molecule has 6 nitrogen and oxygen atoms in total. The van der Waals surface area contributed by atoms with E-state index < -0.39 is 0 Å². The van der Waals surface area contributed by atoms with Crippen LogP contribution in [0.25, 0.3) is 0 Å². The van der Waals surface area contributed by atoms with Crippen molar-refractivity contribution in [2.75, 3.05) is 17.7 Å². The largest absolute Gasteiger partial charge is 0.341 e. The number of fused-ring (bicyclic) bond motifs is 1. The summed E-state index contributed by atoms with van der Waals surface area (Å²) in [5.41, 5.74) is 1.34. The summed E-state index contributed by atoms with van der Waals surface area (Å²) in [6.07, 6.45) is 5.87. The van der Waals surface area contributed by atoms with Gasteiger partial charge in [0, 0.05) is 24.5 Å². The highest BCUT2D eigenvalue weighted by atomic mass is 16.2. The molecule has 6 heteroatoms. The number of urea groups is 1. The van der Waals surface area contributed by atoms with Gasteiger partial charge in [0.15, 0.2) is 0 Å². The molecule has 1 saturated heterocycles. The van der Waals surface area contributed by atoms with E-state index >= 15 is 0 Å². The highest BCUT2D eigenvalue weighted by Gasteiger charge is 2.38. The number of carbonyl (C=O) groups is 2. The van der Waals surface area contributed by atoms with Crippen LogP contribution in [0.4, 0.5) is 16.2 Å². The first kappa shape index (κ1) is 15.8. The number of carbonyl (C=O) groups excluding carboxylic acids is 2. The first-order valence-corrected chi connectivity index (χ1v) is 8.31. The molecule has 1 aromatic rings. The van der Waals surface area contributed by atoms with Crippen molar-refractivity contribution in [3.8, 4) is 0 Å². The van der Waals surface area contributed by atoms with Crippen LogP contribution in [0, 0.1) is 5.92 Å². The summed E-state index contributed by atoms with van der Waals surface area (Å²) < 4.78 is 0. The van der Waals surface area contributed by atoms with E-state index in [1.54, 1.807) is 19.2 Å². The molecule has 0 bridgehead atoms. The van der Waals surface area contributed by atoms with Gasteiger partial charge in [-0.1, -0.05) is 18.9 Å². The normalized spacial score (nSPS) is 26.2. The van der Waals surface area contributed by atoms with Crippen LogP contribution in [0.3, 0.4) is 0 Å². The smallest absolute Gasteiger partial charge is 0.318 e. The SMILES string of the molecule is CNC(=O)Nc1cccc(NC(=O)C2CC3CCCCC3N2)c1. The Hall–Kier alpha value is -2.08. The predicted octanol–water partition coefficient (Wildman–Crippen LogP) is 2.30. The fraction of sp³-hybridized carbons (Fsp3) is 0.529. The van der Waals surface area contributed by atoms with Crippen LogP contribution in [0.5, 0.6) is 0 Å². The van der Waals surface area contributed by atoms with Gasteiger partial charge >= 0.3 is 6.03 Å². The molecule has 3 rings (SSSR count). The zero-order valence-electron chi connectivity index (χ0n) is 13.4. The second-order valence-corrected chi connectivity index (χ2v) is 6.38. The summed E-state index contributed by atoms with van der Waals surface area (Å²) in [6.45, 7) is 0. The van der Waals surface area contributed by atoms with Crippen molar-refractivity contribution in [2.45, 2.75) is 44.2 Å². The van der Waals surface area contributed by atoms with Gasteiger partial charge in [-0.3, -0.25) is 4.79 Å². The van der Waals surface area contributed by atoms with Gasteiger partial charge in [0.2, 0.25) is 5.91 Å². The van der Waals surface area contributed by atoms with Crippen molar-refractivity contribution < 1.29 is 9.59 Å². The summed E-state index contributed by atoms with van der Waals surface area (Å²) >= 11 is 0. The molecule has 3 atom stereocenters. The van der Waals surface area contributed by atoms with Crippen molar-refractivity contribution in [3.05, 3.63) is 24.3 Å². The van der Waals surface area contributed by atoms with Gasteiger partial charge < -0.3 is 21.3 Å². The summed E-state index contributed by atoms with van der Waals surface area (Å²) in [5.74, 6) is 0.650. The standard InChI is InChI=1S/C17H24N4O2/c1-18-17(23)20-13-7-4-6-12(10-13)19-16(22)15-9-11-5-2-3-8-14(11)21-15/h4,6-7,10-11,14-15,21H,2-3,5,8-9H2,1H3,(H,19,22)(H2,18,20,23). The maximum atomic E-state index is 12.5. The quantitative estimate of drug-likeness (QED) is 0.690. The molecule has 3 amide bonds. The molecule has 0 spiro atoms. The zero-order valence-corrected chi connectivity index (χ0v) is 13.4. The van der Waals surface area contributed by atoms with Crippen LogP contribution in [0.2, 0.25) is 0 Å². The lowest BCUT2D eigenvalue weighted by Crippen LogP contribution is -2.39. The lowest BCUT2D eigenvalue weighted by Gasteiger charge is -2.24. The van der Waals surface area contributed by atoms with Crippen LogP contribution in [0.15, 0.2) is 24.3 Å². The molecule has 124 valence electrons. The predicted molar refractivity (Wildman–Crippen MR) is 90.4 cm³/mol. The van der Waals surface area contributed by atoms with E-state index in [0.717, 1.165) is 6.42 Å². The van der Waals surface area contributed by atoms with Gasteiger partial charge in [-0.25, -0.2) is 4.79 Å². The third-order valence-electron chi connectivity index (χ3n) is 4.79. The molecular formula is C17H24N4O2. The molecule has 0 aromatic heterocycles. The zero-order chi connectivity index (χ0) is 16.2. The number of hydrogen-bond acceptors (Lipinski definition) is 3. The Bertz CT molecular complexity index is 576. The van der Waals surface area contributed by atoms with Gasteiger partial charge in [0.1, 0.15) is 0 Å². The Morgan fingerprint density at radius 3 is 2.61 bits per heavy atom. The first-order chi connectivity index (χ1) is 11.2. The Morgan fingerprint density at radius 2 is 1.87 bits per heavy atom. The van der Waals surface area contributed by atoms with Crippen molar-refractivity contribution in [1.29, 1.82) is 0 Å². The van der Waals surface area contributed by atoms with Crippen LogP contribution >= 0.6 is 0 Å². The minimum absolute atomic E-state index is 0.0106. The lowest BCUT2D eigenvalue weighted by atomic mass is 9.85. The van der Waals surface area contributed by atoms with E-state index in [9.17, 15) is 9.59 Å². The third kappa shape index (κ3) is 3.82. The second-order valence-electron chi connectivity index (χ2n) is 6.38. The molecule has 1 saturated carbocycles. The van der Waals surface area contributed by atoms with Crippen LogP contribution in [-0.2, 0) is 4.79 Å². The van der Waals surface area contributed by atoms with E-state index in [1.165, 1.54) is 25.7 Å². The molecule has 2 fully saturated rings. The molecule has 0 radical (unpaired) electrons. The molecule has 23 heavy (non-hydrogen) atoms. The Morgan fingerprint density at radius 1 is 1.13 bits per heavy atom. The van der Waals surface area contributed by atoms with Crippen molar-refractivity contribution >= 4 is 23.3 Å². The average Bonchev–Trinajstić information content (AvgIpc) is 2.99. The van der Waals surface area contributed by atoms with Gasteiger partial charge in [-0.2, -0.15) is 0 Å². The lowest BCUT2D eigenvalue weighted by molar-refractivity contribution is -0.117. The Balaban J connectivity index is 1.59. The van der Waals surface area contributed by atoms with E-state index in [-0.39, 0.29) is 18.0 Å². The van der Waals surface area contributed by atoms with Crippen molar-refractivity contribution in [1.82, 2.24) is 10.6 Å². The van der Waals surface area contributed by atoms with Gasteiger partial charge in [0.25, 0.3) is 0 Å². The average molecular weight is 316 g/mol. The summed E-state index contributed by atoms with van der Waals surface area (Å²) in [4.78, 5) is 23.8. The number of nitrogens with one attached hydrogen (secondary N) is 4.